The quantitative estimate of drug-likeness (QED) is 0.443. The van der Waals surface area contributed by atoms with E-state index in [1.165, 1.54) is 12.8 Å². The van der Waals surface area contributed by atoms with Crippen LogP contribution in [0.1, 0.15) is 19.8 Å². The molecule has 0 amide bonds. The number of allylic oxidation sites excluding steroid dienone is 4. The number of rotatable bonds is 0. The maximum absolute atomic E-state index is 2.36. The predicted octanol–water partition coefficient (Wildman–Crippen LogP) is -3.13. The van der Waals surface area contributed by atoms with Crippen molar-refractivity contribution < 1.29 is 49.5 Å². The molecule has 13 heavy (non-hydrogen) atoms. The van der Waals surface area contributed by atoms with Crippen LogP contribution in [0.25, 0.3) is 0 Å². The summed E-state index contributed by atoms with van der Waals surface area (Å²) in [6.07, 6.45) is 9.84. The number of hydrogen-bond donors (Lipinski definition) is 0. The first-order valence-corrected chi connectivity index (χ1v) is 5.80. The van der Waals surface area contributed by atoms with Gasteiger partial charge in [0.15, 0.2) is 0 Å². The molecular weight excluding hydrogens is 282 g/mol. The van der Waals surface area contributed by atoms with Gasteiger partial charge in [-0.05, 0) is 0 Å². The Morgan fingerprint density at radius 1 is 1.31 bits per heavy atom. The monoisotopic (exact) mass is 293 g/mol. The van der Waals surface area contributed by atoms with Crippen molar-refractivity contribution in [1.29, 1.82) is 0 Å². The summed E-state index contributed by atoms with van der Waals surface area (Å²) in [5, 5.41) is 0. The third-order valence-corrected chi connectivity index (χ3v) is 4.46. The van der Waals surface area contributed by atoms with Crippen LogP contribution in [0.2, 0.25) is 3.63 Å². The van der Waals surface area contributed by atoms with Crippen molar-refractivity contribution in [2.24, 2.45) is 11.8 Å². The van der Waals surface area contributed by atoms with Gasteiger partial charge in [0, 0.05) is 0 Å². The van der Waals surface area contributed by atoms with E-state index >= 15 is 0 Å². The molecule has 0 saturated heterocycles. The van der Waals surface area contributed by atoms with E-state index in [2.05, 4.69) is 25.2 Å². The molecule has 0 aromatic heterocycles. The minimum atomic E-state index is 0. The molecule has 0 aromatic rings. The second-order valence-corrected chi connectivity index (χ2v) is 5.36. The second kappa shape index (κ2) is 5.73. The van der Waals surface area contributed by atoms with Gasteiger partial charge >= 0.3 is 83.7 Å². The van der Waals surface area contributed by atoms with Crippen LogP contribution in [0.15, 0.2) is 23.8 Å². The second-order valence-electron chi connectivity index (χ2n) is 3.65. The number of fused-ring (bicyclic) bond motifs is 1. The summed E-state index contributed by atoms with van der Waals surface area (Å²) in [5.41, 5.74) is 1.75. The summed E-state index contributed by atoms with van der Waals surface area (Å²) >= 11 is 1.71. The van der Waals surface area contributed by atoms with E-state index in [0.29, 0.717) is 0 Å². The molecule has 71 valence electrons. The molecule has 1 saturated carbocycles. The van der Waals surface area contributed by atoms with E-state index in [1.807, 2.05) is 0 Å². The summed E-state index contributed by atoms with van der Waals surface area (Å²) in [4.78, 5) is 0. The van der Waals surface area contributed by atoms with E-state index in [1.54, 1.807) is 30.3 Å². The maximum atomic E-state index is 2.36. The molecule has 0 radical (unpaired) electrons. The Morgan fingerprint density at radius 3 is 2.62 bits per heavy atom. The van der Waals surface area contributed by atoms with E-state index in [9.17, 15) is 0 Å². The van der Waals surface area contributed by atoms with Crippen LogP contribution in [0.3, 0.4) is 0 Å². The zero-order valence-electron chi connectivity index (χ0n) is 7.63. The van der Waals surface area contributed by atoms with Gasteiger partial charge in [-0.1, -0.05) is 0 Å². The smallest absolute Gasteiger partial charge is 1.00 e. The molecule has 3 unspecified atom stereocenters. The largest absolute Gasteiger partial charge is 1.00 e. The van der Waals surface area contributed by atoms with Crippen molar-refractivity contribution in [3.05, 3.63) is 23.8 Å². The normalized spacial score (nSPS) is 35.6. The van der Waals surface area contributed by atoms with Crippen molar-refractivity contribution in [3.8, 4) is 0 Å². The Balaban J connectivity index is 0.000000720. The zero-order chi connectivity index (χ0) is 7.84. The van der Waals surface area contributed by atoms with Gasteiger partial charge in [0.25, 0.3) is 0 Å². The fourth-order valence-electron chi connectivity index (χ4n) is 2.22. The average molecular weight is 295 g/mol. The van der Waals surface area contributed by atoms with Crippen LogP contribution in [0.4, 0.5) is 0 Å². The molecule has 2 rings (SSSR count). The number of hydrogen-bond acceptors (Lipinski definition) is 0. The summed E-state index contributed by atoms with van der Waals surface area (Å²) in [6, 6.07) is 0. The molecule has 0 aromatic carbocycles. The van der Waals surface area contributed by atoms with Gasteiger partial charge in [0.2, 0.25) is 0 Å². The fraction of sp³-hybridized carbons (Fsp3) is 0.600. The van der Waals surface area contributed by atoms with Crippen molar-refractivity contribution >= 4 is 0 Å². The Labute approximate surface area is 108 Å². The van der Waals surface area contributed by atoms with Crippen LogP contribution in [0, 0.1) is 11.8 Å². The van der Waals surface area contributed by atoms with E-state index < -0.39 is 0 Å². The molecule has 0 bridgehead atoms. The molecule has 0 spiro atoms. The van der Waals surface area contributed by atoms with Gasteiger partial charge in [-0.3, -0.25) is 0 Å². The van der Waals surface area contributed by atoms with Crippen LogP contribution in [-0.4, -0.2) is 0 Å². The van der Waals surface area contributed by atoms with Gasteiger partial charge in [-0.15, -0.1) is 0 Å². The molecule has 2 aliphatic rings. The minimum absolute atomic E-state index is 0. The van der Waals surface area contributed by atoms with Crippen LogP contribution in [-0.2, 0) is 24.7 Å². The van der Waals surface area contributed by atoms with Gasteiger partial charge in [0.05, 0.1) is 0 Å². The molecule has 0 aliphatic heterocycles. The van der Waals surface area contributed by atoms with E-state index in [0.717, 1.165) is 15.5 Å². The molecule has 0 N–H and O–H groups in total. The first kappa shape index (κ1) is 13.9. The van der Waals surface area contributed by atoms with E-state index in [4.69, 9.17) is 0 Å². The average Bonchev–Trinajstić information content (AvgIpc) is 2.35. The van der Waals surface area contributed by atoms with E-state index in [-0.39, 0.29) is 24.8 Å². The Hall–Kier alpha value is 0.943. The molecular formula is C10H13Cl2Zr. The molecule has 1 fully saturated rings. The first-order valence-electron chi connectivity index (χ1n) is 4.38. The fourth-order valence-corrected chi connectivity index (χ4v) is 3.39. The van der Waals surface area contributed by atoms with Gasteiger partial charge in [-0.25, -0.2) is 0 Å². The predicted molar refractivity (Wildman–Crippen MR) is 42.9 cm³/mol. The molecule has 3 heteroatoms. The topological polar surface area (TPSA) is 0 Å². The summed E-state index contributed by atoms with van der Waals surface area (Å²) < 4.78 is 0.944. The molecule has 3 atom stereocenters. The number of halogens is 2. The Kier molecular flexibility index (Phi) is 6.15. The van der Waals surface area contributed by atoms with Gasteiger partial charge in [-0.2, -0.15) is 0 Å². The van der Waals surface area contributed by atoms with Crippen molar-refractivity contribution in [3.63, 3.8) is 0 Å². The summed E-state index contributed by atoms with van der Waals surface area (Å²) in [7, 11) is 0. The van der Waals surface area contributed by atoms with Gasteiger partial charge < -0.3 is 24.8 Å². The van der Waals surface area contributed by atoms with Crippen LogP contribution in [0.5, 0.6) is 0 Å². The standard InChI is InChI=1S/C10H13.2ClH.Zr/c1-8-4-2-5-9-6-3-7-10(8)9;;;/h2,4-6,8,10H,3,7H2,1H3;2*1H;/q;;;+2/p-2. The summed E-state index contributed by atoms with van der Waals surface area (Å²) in [5.74, 6) is 1.71. The Bertz CT molecular complexity index is 223. The molecule has 0 nitrogen and oxygen atoms in total. The zero-order valence-corrected chi connectivity index (χ0v) is 11.6. The third-order valence-electron chi connectivity index (χ3n) is 2.93. The van der Waals surface area contributed by atoms with Crippen LogP contribution >= 0.6 is 0 Å². The third kappa shape index (κ3) is 2.70. The van der Waals surface area contributed by atoms with Crippen molar-refractivity contribution in [1.82, 2.24) is 0 Å². The van der Waals surface area contributed by atoms with Crippen molar-refractivity contribution in [2.75, 3.05) is 0 Å². The molecule has 2 aliphatic carbocycles. The maximum Gasteiger partial charge on any atom is -1.00 e. The van der Waals surface area contributed by atoms with Crippen molar-refractivity contribution in [2.45, 2.75) is 23.4 Å². The minimum Gasteiger partial charge on any atom is -1.00 e. The SMILES string of the molecule is CC1C=CC=C2[CH]([Zr+2])CCC21.[Cl-].[Cl-]. The Morgan fingerprint density at radius 2 is 2.00 bits per heavy atom. The van der Waals surface area contributed by atoms with Gasteiger partial charge in [0.1, 0.15) is 0 Å². The van der Waals surface area contributed by atoms with Crippen LogP contribution < -0.4 is 24.8 Å². The summed E-state index contributed by atoms with van der Waals surface area (Å²) in [6.45, 7) is 2.35. The first-order chi connectivity index (χ1) is 5.29. The molecule has 0 heterocycles.